The van der Waals surface area contributed by atoms with Crippen LogP contribution in [0.3, 0.4) is 0 Å². The van der Waals surface area contributed by atoms with Crippen molar-refractivity contribution in [3.05, 3.63) is 8.95 Å². The molecule has 2 aromatic rings. The Kier molecular flexibility index (Phi) is 2.83. The Morgan fingerprint density at radius 3 is 3.06 bits per heavy atom. The molecule has 0 radical (unpaired) electrons. The molecule has 0 saturated heterocycles. The van der Waals surface area contributed by atoms with Crippen molar-refractivity contribution in [1.82, 2.24) is 9.97 Å². The zero-order chi connectivity index (χ0) is 12.0. The van der Waals surface area contributed by atoms with Crippen LogP contribution in [-0.4, -0.2) is 27.7 Å². The van der Waals surface area contributed by atoms with E-state index in [1.165, 1.54) is 0 Å². The summed E-state index contributed by atoms with van der Waals surface area (Å²) in [7, 11) is 0. The average molecular weight is 362 g/mol. The molecule has 17 heavy (non-hydrogen) atoms. The number of rotatable bonds is 3. The molecule has 3 rings (SSSR count). The lowest BCUT2D eigenvalue weighted by Gasteiger charge is -2.05. The van der Waals surface area contributed by atoms with Crippen LogP contribution in [0, 0.1) is 8.80 Å². The molecular weight excluding hydrogens is 351 g/mol. The van der Waals surface area contributed by atoms with Gasteiger partial charge >= 0.3 is 0 Å². The topological polar surface area (TPSA) is 84.1 Å². The highest BCUT2D eigenvalue weighted by Crippen LogP contribution is 2.33. The highest BCUT2D eigenvalue weighted by atomic mass is 127. The Balaban J connectivity index is 1.90. The van der Waals surface area contributed by atoms with Crippen LogP contribution in [0.15, 0.2) is 6.07 Å². The molecule has 2 heterocycles. The Morgan fingerprint density at radius 1 is 1.59 bits per heavy atom. The van der Waals surface area contributed by atoms with Crippen molar-refractivity contribution in [2.24, 2.45) is 5.92 Å². The Labute approximate surface area is 116 Å². The zero-order valence-corrected chi connectivity index (χ0v) is 11.8. The molecule has 0 bridgehead atoms. The van der Waals surface area contributed by atoms with Gasteiger partial charge in [-0.1, -0.05) is 0 Å². The van der Waals surface area contributed by atoms with Crippen LogP contribution in [0.4, 0.5) is 11.8 Å². The van der Waals surface area contributed by atoms with Crippen molar-refractivity contribution in [3.63, 3.8) is 0 Å². The van der Waals surface area contributed by atoms with E-state index in [1.807, 2.05) is 6.07 Å². The van der Waals surface area contributed by atoms with Gasteiger partial charge in [-0.3, -0.25) is 0 Å². The van der Waals surface area contributed by atoms with E-state index >= 15 is 0 Å². The van der Waals surface area contributed by atoms with Gasteiger partial charge in [-0.25, -0.2) is 4.98 Å². The Bertz CT molecular complexity index is 573. The van der Waals surface area contributed by atoms with Crippen LogP contribution in [-0.2, 0) is 0 Å². The van der Waals surface area contributed by atoms with Gasteiger partial charge in [-0.15, -0.1) is 11.3 Å². The van der Waals surface area contributed by atoms with Gasteiger partial charge in [-0.05, 0) is 35.1 Å². The molecule has 90 valence electrons. The molecule has 0 aromatic carbocycles. The fourth-order valence-corrected chi connectivity index (χ4v) is 3.46. The van der Waals surface area contributed by atoms with Gasteiger partial charge in [-0.2, -0.15) is 4.98 Å². The van der Waals surface area contributed by atoms with E-state index in [2.05, 4.69) is 37.9 Å². The summed E-state index contributed by atoms with van der Waals surface area (Å²) >= 11 is 3.90. The summed E-state index contributed by atoms with van der Waals surface area (Å²) in [6.07, 6.45) is 0.722. The van der Waals surface area contributed by atoms with Crippen LogP contribution < -0.4 is 11.1 Å². The van der Waals surface area contributed by atoms with Gasteiger partial charge < -0.3 is 16.2 Å². The SMILES string of the molecule is Nc1nc(NCC2CC2O)c2sc(I)cc2n1. The summed E-state index contributed by atoms with van der Waals surface area (Å²) in [5.41, 5.74) is 6.55. The molecule has 1 aliphatic rings. The van der Waals surface area contributed by atoms with Crippen LogP contribution >= 0.6 is 33.9 Å². The fraction of sp³-hybridized carbons (Fsp3) is 0.400. The summed E-state index contributed by atoms with van der Waals surface area (Å²) in [6, 6.07) is 2.00. The van der Waals surface area contributed by atoms with Gasteiger partial charge in [0.25, 0.3) is 0 Å². The number of nitrogen functional groups attached to an aromatic ring is 1. The van der Waals surface area contributed by atoms with Crippen molar-refractivity contribution in [2.45, 2.75) is 12.5 Å². The van der Waals surface area contributed by atoms with Gasteiger partial charge in [0.2, 0.25) is 5.95 Å². The zero-order valence-electron chi connectivity index (χ0n) is 8.85. The van der Waals surface area contributed by atoms with Crippen LogP contribution in [0.1, 0.15) is 6.42 Å². The summed E-state index contributed by atoms with van der Waals surface area (Å²) in [4.78, 5) is 8.42. The number of aliphatic hydroxyl groups excluding tert-OH is 1. The molecule has 1 aliphatic carbocycles. The lowest BCUT2D eigenvalue weighted by atomic mass is 10.4. The number of anilines is 2. The Hall–Kier alpha value is -0.670. The summed E-state index contributed by atoms with van der Waals surface area (Å²) in [6.45, 7) is 0.737. The standard InChI is InChI=1S/C10H11IN4OS/c11-7-2-5-8(17-7)9(15-10(12)14-5)13-3-4-1-6(4)16/h2,4,6,16H,1,3H2,(H3,12,13,14,15). The molecule has 2 aromatic heterocycles. The number of aromatic nitrogens is 2. The smallest absolute Gasteiger partial charge is 0.222 e. The molecule has 5 nitrogen and oxygen atoms in total. The third kappa shape index (κ3) is 2.31. The van der Waals surface area contributed by atoms with Gasteiger partial charge in [0, 0.05) is 12.5 Å². The monoisotopic (exact) mass is 362 g/mol. The van der Waals surface area contributed by atoms with Crippen molar-refractivity contribution < 1.29 is 5.11 Å². The average Bonchev–Trinajstić information content (AvgIpc) is 2.82. The maximum Gasteiger partial charge on any atom is 0.222 e. The maximum absolute atomic E-state index is 9.28. The molecule has 0 aliphatic heterocycles. The molecule has 1 saturated carbocycles. The summed E-state index contributed by atoms with van der Waals surface area (Å²) in [5, 5.41) is 12.5. The predicted octanol–water partition coefficient (Wildman–Crippen LogP) is 1.67. The van der Waals surface area contributed by atoms with Gasteiger partial charge in [0.05, 0.1) is 19.2 Å². The van der Waals surface area contributed by atoms with E-state index in [0.717, 1.165) is 31.9 Å². The molecule has 4 N–H and O–H groups in total. The fourth-order valence-electron chi connectivity index (χ4n) is 1.72. The first-order valence-corrected chi connectivity index (χ1v) is 7.17. The van der Waals surface area contributed by atoms with Crippen molar-refractivity contribution >= 4 is 55.9 Å². The molecule has 0 amide bonds. The number of aliphatic hydroxyl groups is 1. The number of nitrogens with two attached hydrogens (primary N) is 1. The first-order valence-electron chi connectivity index (χ1n) is 5.28. The normalized spacial score (nSPS) is 22.9. The number of nitrogens with one attached hydrogen (secondary N) is 1. The molecule has 7 heteroatoms. The number of thiophene rings is 1. The molecule has 1 fully saturated rings. The van der Waals surface area contributed by atoms with Crippen molar-refractivity contribution in [1.29, 1.82) is 0 Å². The van der Waals surface area contributed by atoms with Crippen LogP contribution in [0.25, 0.3) is 10.2 Å². The van der Waals surface area contributed by atoms with E-state index < -0.39 is 0 Å². The second kappa shape index (κ2) is 4.21. The Morgan fingerprint density at radius 2 is 2.35 bits per heavy atom. The number of halogens is 1. The lowest BCUT2D eigenvalue weighted by Crippen LogP contribution is -2.09. The highest BCUT2D eigenvalue weighted by molar-refractivity contribution is 14.1. The van der Waals surface area contributed by atoms with E-state index in [0.29, 0.717) is 5.92 Å². The minimum Gasteiger partial charge on any atom is -0.393 e. The number of nitrogens with zero attached hydrogens (tertiary/aromatic N) is 2. The minimum atomic E-state index is -0.152. The van der Waals surface area contributed by atoms with E-state index in [4.69, 9.17) is 5.73 Å². The predicted molar refractivity (Wildman–Crippen MR) is 77.1 cm³/mol. The van der Waals surface area contributed by atoms with Crippen molar-refractivity contribution in [2.75, 3.05) is 17.6 Å². The van der Waals surface area contributed by atoms with Gasteiger partial charge in [0.15, 0.2) is 0 Å². The first kappa shape index (κ1) is 11.4. The molecular formula is C10H11IN4OS. The highest BCUT2D eigenvalue weighted by Gasteiger charge is 2.34. The number of hydrogen-bond acceptors (Lipinski definition) is 6. The largest absolute Gasteiger partial charge is 0.393 e. The van der Waals surface area contributed by atoms with Gasteiger partial charge in [0.1, 0.15) is 5.82 Å². The third-order valence-corrected chi connectivity index (χ3v) is 4.67. The second-order valence-corrected chi connectivity index (χ2v) is 7.09. The minimum absolute atomic E-state index is 0.152. The molecule has 0 spiro atoms. The van der Waals surface area contributed by atoms with Crippen LogP contribution in [0.2, 0.25) is 0 Å². The number of fused-ring (bicyclic) bond motifs is 1. The van der Waals surface area contributed by atoms with E-state index in [1.54, 1.807) is 11.3 Å². The maximum atomic E-state index is 9.28. The first-order chi connectivity index (χ1) is 8.13. The quantitative estimate of drug-likeness (QED) is 0.724. The van der Waals surface area contributed by atoms with E-state index in [9.17, 15) is 5.11 Å². The van der Waals surface area contributed by atoms with E-state index in [-0.39, 0.29) is 12.1 Å². The molecule has 2 atom stereocenters. The summed E-state index contributed by atoms with van der Waals surface area (Å²) < 4.78 is 2.19. The lowest BCUT2D eigenvalue weighted by molar-refractivity contribution is 0.262. The summed E-state index contributed by atoms with van der Waals surface area (Å²) in [5.74, 6) is 1.41. The van der Waals surface area contributed by atoms with Crippen molar-refractivity contribution in [3.8, 4) is 0 Å². The third-order valence-electron chi connectivity index (χ3n) is 2.78. The van der Waals surface area contributed by atoms with Crippen LogP contribution in [0.5, 0.6) is 0 Å². The number of hydrogen-bond donors (Lipinski definition) is 3. The molecule has 2 unspecified atom stereocenters. The second-order valence-electron chi connectivity index (χ2n) is 4.14.